The zero-order valence-corrected chi connectivity index (χ0v) is 46.5. The van der Waals surface area contributed by atoms with Gasteiger partial charge in [-0.15, -0.1) is 35.7 Å². The molecule has 0 amide bonds. The number of benzene rings is 8. The molecule has 4 heterocycles. The Balaban J connectivity index is 0.00000752. The Morgan fingerprint density at radius 2 is 1.07 bits per heavy atom. The minimum Gasteiger partial charge on any atom is -0.509 e. The molecule has 1 aliphatic heterocycles. The summed E-state index contributed by atoms with van der Waals surface area (Å²) in [6, 6.07) is 61.8. The molecule has 0 N–H and O–H groups in total. The van der Waals surface area contributed by atoms with E-state index in [1.807, 2.05) is 100 Å². The molecule has 0 spiro atoms. The Morgan fingerprint density at radius 3 is 1.74 bits per heavy atom. The van der Waals surface area contributed by atoms with Gasteiger partial charge in [0.1, 0.15) is 5.82 Å². The first-order valence-corrected chi connectivity index (χ1v) is 25.7. The van der Waals surface area contributed by atoms with E-state index in [1.54, 1.807) is 0 Å². The van der Waals surface area contributed by atoms with Gasteiger partial charge >= 0.3 is 0 Å². The molecule has 0 saturated carbocycles. The molecule has 3 aromatic heterocycles. The number of ether oxygens (including phenoxy) is 1. The SMILES string of the molecule is [2H]C([2H])([2H])C(c1cc(-c2cc(C(C)(C)C)cc3c4ccccc4c4ccccc4c4cccc5c4n(c23)[CH-]N5c2[c-]c(Oc3[c-]c4c(cc3)c3ccccc3n4-c3cc(C(C)(C)C)ccn3)ccc2)cc(C(C)(C)C)c1)(C([2H])([2H])[2H])C([2H])([2H])[2H].[Pt]. The minimum atomic E-state index is -3.49. The fraction of sp³-hybridized carbons (Fsp3) is 0.229. The molecule has 0 atom stereocenters. The van der Waals surface area contributed by atoms with Gasteiger partial charge in [-0.3, -0.25) is 0 Å². The monoisotopic (exact) mass is 1180 g/mol. The van der Waals surface area contributed by atoms with Crippen LogP contribution in [0.4, 0.5) is 11.4 Å². The van der Waals surface area contributed by atoms with E-state index in [4.69, 9.17) is 22.1 Å². The summed E-state index contributed by atoms with van der Waals surface area (Å²) in [7, 11) is 0. The van der Waals surface area contributed by atoms with Crippen LogP contribution in [0.5, 0.6) is 11.5 Å². The van der Waals surface area contributed by atoms with E-state index in [1.165, 1.54) is 12.1 Å². The number of hydrogen-bond donors (Lipinski definition) is 0. The van der Waals surface area contributed by atoms with Gasteiger partial charge < -0.3 is 18.8 Å². The van der Waals surface area contributed by atoms with Crippen molar-refractivity contribution in [2.45, 2.75) is 105 Å². The summed E-state index contributed by atoms with van der Waals surface area (Å²) in [5, 5.41) is 7.78. The molecule has 0 bridgehead atoms. The zero-order valence-electron chi connectivity index (χ0n) is 53.3. The normalized spacial score (nSPS) is 15.2. The van der Waals surface area contributed by atoms with Crippen LogP contribution in [0.25, 0.3) is 82.1 Å². The average Bonchev–Trinajstić information content (AvgIpc) is 1.27. The smallest absolute Gasteiger partial charge is 0.135 e. The van der Waals surface area contributed by atoms with Crippen LogP contribution >= 0.6 is 0 Å². The van der Waals surface area contributed by atoms with Crippen LogP contribution in [0.3, 0.4) is 0 Å². The molecule has 12 rings (SSSR count). The molecule has 5 nitrogen and oxygen atoms in total. The molecule has 0 fully saturated rings. The van der Waals surface area contributed by atoms with Crippen LogP contribution < -0.4 is 9.64 Å². The fourth-order valence-electron chi connectivity index (χ4n) is 10.8. The van der Waals surface area contributed by atoms with Crippen molar-refractivity contribution >= 4 is 76.5 Å². The van der Waals surface area contributed by atoms with Gasteiger partial charge in [0.05, 0.1) is 0 Å². The zero-order chi connectivity index (χ0) is 59.8. The molecule has 1 aliphatic rings. The molecule has 0 unspecified atom stereocenters. The number of aromatic nitrogens is 3. The van der Waals surface area contributed by atoms with Gasteiger partial charge in [0.25, 0.3) is 0 Å². The first-order chi connectivity index (χ1) is 39.5. The molecule has 6 heteroatoms. The summed E-state index contributed by atoms with van der Waals surface area (Å²) < 4.78 is 91.2. The third-order valence-corrected chi connectivity index (χ3v) is 14.9. The quantitative estimate of drug-likeness (QED) is 0.161. The molecule has 76 heavy (non-hydrogen) atoms. The Kier molecular flexibility index (Phi) is 9.93. The number of pyridine rings is 1. The second-order valence-corrected chi connectivity index (χ2v) is 23.2. The van der Waals surface area contributed by atoms with Crippen LogP contribution in [0.15, 0.2) is 170 Å². The number of fused-ring (bicyclic) bond motifs is 10. The molecule has 11 aromatic rings. The summed E-state index contributed by atoms with van der Waals surface area (Å²) in [5.41, 5.74) is 3.85. The van der Waals surface area contributed by atoms with E-state index < -0.39 is 36.8 Å². The van der Waals surface area contributed by atoms with E-state index in [0.29, 0.717) is 39.4 Å². The first-order valence-electron chi connectivity index (χ1n) is 30.2. The maximum atomic E-state index is 8.90. The molecule has 0 saturated heterocycles. The van der Waals surface area contributed by atoms with Crippen molar-refractivity contribution in [2.24, 2.45) is 0 Å². The van der Waals surface area contributed by atoms with Crippen LogP contribution in [-0.4, -0.2) is 14.1 Å². The van der Waals surface area contributed by atoms with Crippen molar-refractivity contribution in [3.63, 3.8) is 0 Å². The fourth-order valence-corrected chi connectivity index (χ4v) is 10.8. The Morgan fingerprint density at radius 1 is 0.487 bits per heavy atom. The molecule has 0 aliphatic carbocycles. The van der Waals surface area contributed by atoms with E-state index in [0.717, 1.165) is 82.3 Å². The maximum absolute atomic E-state index is 8.90. The number of nitrogens with zero attached hydrogens (tertiary/aromatic N) is 4. The second kappa shape index (κ2) is 18.5. The molecular formula is C70H65N4OPt-3. The summed E-state index contributed by atoms with van der Waals surface area (Å²) in [5.74, 6) is 1.72. The van der Waals surface area contributed by atoms with Gasteiger partial charge in [-0.25, -0.2) is 4.98 Å². The topological polar surface area (TPSA) is 35.2 Å². The summed E-state index contributed by atoms with van der Waals surface area (Å²) >= 11 is 0. The van der Waals surface area contributed by atoms with Gasteiger partial charge in [0, 0.05) is 62.3 Å². The van der Waals surface area contributed by atoms with Gasteiger partial charge in [0.15, 0.2) is 0 Å². The minimum absolute atomic E-state index is 0. The van der Waals surface area contributed by atoms with Crippen molar-refractivity contribution in [2.75, 3.05) is 4.90 Å². The van der Waals surface area contributed by atoms with E-state index >= 15 is 0 Å². The van der Waals surface area contributed by atoms with Crippen molar-refractivity contribution in [1.29, 1.82) is 0 Å². The summed E-state index contributed by atoms with van der Waals surface area (Å²) in [6.07, 6.45) is 1.86. The Bertz CT molecular complexity index is 4510. The number of rotatable bonds is 5. The average molecular weight is 1180 g/mol. The largest absolute Gasteiger partial charge is 0.509 e. The van der Waals surface area contributed by atoms with Gasteiger partial charge in [-0.2, -0.15) is 12.1 Å². The number of para-hydroxylation sites is 2. The molecule has 0 radical (unpaired) electrons. The number of hydrogen-bond acceptors (Lipinski definition) is 3. The van der Waals surface area contributed by atoms with Gasteiger partial charge in [-0.1, -0.05) is 203 Å². The van der Waals surface area contributed by atoms with E-state index in [2.05, 4.69) is 153 Å². The van der Waals surface area contributed by atoms with Crippen molar-refractivity contribution in [3.8, 4) is 28.4 Å². The summed E-state index contributed by atoms with van der Waals surface area (Å²) in [6.45, 7) is 10.4. The predicted octanol–water partition coefficient (Wildman–Crippen LogP) is 19.1. The predicted molar refractivity (Wildman–Crippen MR) is 317 cm³/mol. The van der Waals surface area contributed by atoms with E-state index in [-0.39, 0.29) is 32.0 Å². The van der Waals surface area contributed by atoms with E-state index in [9.17, 15) is 0 Å². The van der Waals surface area contributed by atoms with Crippen molar-refractivity contribution in [3.05, 3.63) is 211 Å². The van der Waals surface area contributed by atoms with Gasteiger partial charge in [-0.05, 0) is 135 Å². The van der Waals surface area contributed by atoms with Crippen LogP contribution in [-0.2, 0) is 42.7 Å². The van der Waals surface area contributed by atoms with Crippen LogP contribution in [0, 0.1) is 18.8 Å². The summed E-state index contributed by atoms with van der Waals surface area (Å²) in [4.78, 5) is 6.96. The standard InChI is InChI=1S/C70H65N4O.Pt/c1-67(2,3)45-33-34-71-64(40-45)74-61-29-18-17-27-56(61)57-32-31-51(42-63(57)74)75-50-22-19-21-49(41-50)72-43-73-65-59(44-35-46(68(4,5)6)37-47(36-44)69(7,8)9)38-48(70(10,11)12)39-60(65)55-26-16-14-24-53(55)52-23-13-15-25-54(52)58-28-20-30-62(72)66(58)73;/h13-40,43H,1-12H3;/q-3;/i4D3,5D3,6D3;. The Hall–Kier alpha value is -7.33. The van der Waals surface area contributed by atoms with Crippen molar-refractivity contribution < 1.29 is 38.1 Å². The van der Waals surface area contributed by atoms with Crippen LogP contribution in [0.1, 0.15) is 117 Å². The van der Waals surface area contributed by atoms with Crippen LogP contribution in [0.2, 0.25) is 0 Å². The van der Waals surface area contributed by atoms with Crippen molar-refractivity contribution in [1.82, 2.24) is 14.1 Å². The van der Waals surface area contributed by atoms with Gasteiger partial charge in [0.2, 0.25) is 0 Å². The molecule has 8 aromatic carbocycles. The maximum Gasteiger partial charge on any atom is 0.135 e. The number of anilines is 2. The molecule has 384 valence electrons. The molecular weight excluding hydrogens is 1110 g/mol. The third kappa shape index (κ3) is 8.81. The third-order valence-electron chi connectivity index (χ3n) is 14.9. The second-order valence-electron chi connectivity index (χ2n) is 23.2. The Labute approximate surface area is 475 Å². The first kappa shape index (κ1) is 40.9.